The second-order valence-electron chi connectivity index (χ2n) is 5.00. The van der Waals surface area contributed by atoms with Crippen LogP contribution in [0.25, 0.3) is 0 Å². The third-order valence-electron chi connectivity index (χ3n) is 3.37. The Labute approximate surface area is 95.3 Å². The monoisotopic (exact) mass is 225 g/mol. The van der Waals surface area contributed by atoms with Gasteiger partial charge in [0.15, 0.2) is 0 Å². The Bertz CT molecular complexity index is 332. The van der Waals surface area contributed by atoms with Gasteiger partial charge in [-0.2, -0.15) is 0 Å². The highest BCUT2D eigenvalue weighted by Gasteiger charge is 2.37. The largest absolute Gasteiger partial charge is 0.313 e. The molecule has 0 bridgehead atoms. The first-order chi connectivity index (χ1) is 7.13. The predicted octanol–water partition coefficient (Wildman–Crippen LogP) is 2.55. The van der Waals surface area contributed by atoms with Gasteiger partial charge >= 0.3 is 0 Å². The lowest BCUT2D eigenvalue weighted by molar-refractivity contribution is 0.330. The third kappa shape index (κ3) is 2.21. The molecule has 0 saturated heterocycles. The highest BCUT2D eigenvalue weighted by molar-refractivity contribution is 7.11. The molecule has 84 valence electrons. The molecule has 1 fully saturated rings. The molecule has 0 aromatic carbocycles. The maximum absolute atomic E-state index is 4.34. The van der Waals surface area contributed by atoms with E-state index in [0.717, 1.165) is 11.6 Å². The Morgan fingerprint density at radius 1 is 1.47 bits per heavy atom. The van der Waals surface area contributed by atoms with Crippen LogP contribution in [0.5, 0.6) is 0 Å². The fraction of sp³-hybridized carbons (Fsp3) is 0.818. The smallest absolute Gasteiger partial charge is 0.131 e. The Morgan fingerprint density at radius 2 is 2.27 bits per heavy atom. The van der Waals surface area contributed by atoms with Crippen LogP contribution in [0.4, 0.5) is 0 Å². The molecular formula is C11H19N3S. The van der Waals surface area contributed by atoms with Gasteiger partial charge in [-0.15, -0.1) is 10.2 Å². The van der Waals surface area contributed by atoms with Gasteiger partial charge in [0.2, 0.25) is 0 Å². The van der Waals surface area contributed by atoms with Crippen LogP contribution in [-0.4, -0.2) is 17.2 Å². The normalized spacial score (nSPS) is 24.6. The summed E-state index contributed by atoms with van der Waals surface area (Å²) in [6.45, 7) is 5.54. The molecule has 1 atom stereocenters. The first-order valence-corrected chi connectivity index (χ1v) is 6.42. The average Bonchev–Trinajstić information content (AvgIpc) is 2.72. The fourth-order valence-corrected chi connectivity index (χ4v) is 3.61. The highest BCUT2D eigenvalue weighted by atomic mass is 32.1. The van der Waals surface area contributed by atoms with Gasteiger partial charge in [0.25, 0.3) is 0 Å². The van der Waals surface area contributed by atoms with Gasteiger partial charge in [0.1, 0.15) is 10.0 Å². The number of hydrogen-bond acceptors (Lipinski definition) is 4. The lowest BCUT2D eigenvalue weighted by Crippen LogP contribution is -2.15. The maximum atomic E-state index is 4.34. The lowest BCUT2D eigenvalue weighted by Gasteiger charge is -2.24. The van der Waals surface area contributed by atoms with Gasteiger partial charge in [0.05, 0.1) is 0 Å². The summed E-state index contributed by atoms with van der Waals surface area (Å²) in [6, 6.07) is 0. The van der Waals surface area contributed by atoms with E-state index in [1.54, 1.807) is 11.3 Å². The van der Waals surface area contributed by atoms with Crippen molar-refractivity contribution in [1.29, 1.82) is 0 Å². The quantitative estimate of drug-likeness (QED) is 0.859. The van der Waals surface area contributed by atoms with Crippen molar-refractivity contribution in [3.63, 3.8) is 0 Å². The van der Waals surface area contributed by atoms with E-state index in [1.165, 1.54) is 24.3 Å². The van der Waals surface area contributed by atoms with E-state index in [1.807, 2.05) is 7.05 Å². The first kappa shape index (κ1) is 11.0. The lowest BCUT2D eigenvalue weighted by atomic mass is 9.82. The number of nitrogens with zero attached hydrogens (tertiary/aromatic N) is 2. The van der Waals surface area contributed by atoms with Crippen LogP contribution in [0.1, 0.15) is 49.0 Å². The second-order valence-corrected chi connectivity index (χ2v) is 6.09. The van der Waals surface area contributed by atoms with Gasteiger partial charge in [-0.1, -0.05) is 31.6 Å². The molecular weight excluding hydrogens is 206 g/mol. The zero-order valence-electron chi connectivity index (χ0n) is 9.71. The second kappa shape index (κ2) is 4.18. The number of aromatic nitrogens is 2. The third-order valence-corrected chi connectivity index (χ3v) is 4.40. The van der Waals surface area contributed by atoms with Crippen molar-refractivity contribution in [2.45, 2.75) is 45.6 Å². The van der Waals surface area contributed by atoms with Crippen molar-refractivity contribution in [3.05, 3.63) is 10.0 Å². The van der Waals surface area contributed by atoms with Crippen molar-refractivity contribution in [3.8, 4) is 0 Å². The zero-order valence-corrected chi connectivity index (χ0v) is 10.5. The SMILES string of the molecule is CNCc1nnc(C2CCCC2(C)C)s1. The van der Waals surface area contributed by atoms with Crippen LogP contribution in [0.3, 0.4) is 0 Å². The van der Waals surface area contributed by atoms with E-state index in [2.05, 4.69) is 29.4 Å². The molecule has 15 heavy (non-hydrogen) atoms. The van der Waals surface area contributed by atoms with Crippen LogP contribution in [0, 0.1) is 5.41 Å². The minimum absolute atomic E-state index is 0.413. The van der Waals surface area contributed by atoms with Gasteiger partial charge < -0.3 is 5.32 Å². The van der Waals surface area contributed by atoms with Gasteiger partial charge in [0, 0.05) is 12.5 Å². The van der Waals surface area contributed by atoms with E-state index in [4.69, 9.17) is 0 Å². The summed E-state index contributed by atoms with van der Waals surface area (Å²) in [5.41, 5.74) is 0.413. The van der Waals surface area contributed by atoms with Gasteiger partial charge in [-0.3, -0.25) is 0 Å². The molecule has 1 unspecified atom stereocenters. The topological polar surface area (TPSA) is 37.8 Å². The van der Waals surface area contributed by atoms with Crippen molar-refractivity contribution >= 4 is 11.3 Å². The van der Waals surface area contributed by atoms with Crippen LogP contribution in [-0.2, 0) is 6.54 Å². The molecule has 0 aliphatic heterocycles. The molecule has 0 radical (unpaired) electrons. The van der Waals surface area contributed by atoms with Crippen molar-refractivity contribution in [2.75, 3.05) is 7.05 Å². The van der Waals surface area contributed by atoms with E-state index in [9.17, 15) is 0 Å². The number of rotatable bonds is 3. The van der Waals surface area contributed by atoms with E-state index in [-0.39, 0.29) is 0 Å². The van der Waals surface area contributed by atoms with E-state index < -0.39 is 0 Å². The minimum Gasteiger partial charge on any atom is -0.313 e. The Kier molecular flexibility index (Phi) is 3.07. The molecule has 1 aromatic rings. The molecule has 0 spiro atoms. The minimum atomic E-state index is 0.413. The van der Waals surface area contributed by atoms with Crippen LogP contribution < -0.4 is 5.32 Å². The summed E-state index contributed by atoms with van der Waals surface area (Å²) >= 11 is 1.77. The van der Waals surface area contributed by atoms with Gasteiger partial charge in [-0.25, -0.2) is 0 Å². The molecule has 1 heterocycles. The standard InChI is InChI=1S/C11H19N3S/c1-11(2)6-4-5-8(11)10-14-13-9(15-10)7-12-3/h8,12H,4-7H2,1-3H3. The zero-order chi connectivity index (χ0) is 10.9. The van der Waals surface area contributed by atoms with Crippen LogP contribution >= 0.6 is 11.3 Å². The Morgan fingerprint density at radius 3 is 2.87 bits per heavy atom. The van der Waals surface area contributed by atoms with E-state index >= 15 is 0 Å². The fourth-order valence-electron chi connectivity index (χ4n) is 2.41. The maximum Gasteiger partial charge on any atom is 0.131 e. The first-order valence-electron chi connectivity index (χ1n) is 5.60. The summed E-state index contributed by atoms with van der Waals surface area (Å²) in [6.07, 6.45) is 3.93. The molecule has 0 amide bonds. The summed E-state index contributed by atoms with van der Waals surface area (Å²) in [7, 11) is 1.95. The number of hydrogen-bond donors (Lipinski definition) is 1. The summed E-state index contributed by atoms with van der Waals surface area (Å²) in [5.74, 6) is 0.626. The highest BCUT2D eigenvalue weighted by Crippen LogP contribution is 2.49. The molecule has 3 nitrogen and oxygen atoms in total. The van der Waals surface area contributed by atoms with Crippen molar-refractivity contribution in [1.82, 2.24) is 15.5 Å². The van der Waals surface area contributed by atoms with Gasteiger partial charge in [-0.05, 0) is 25.3 Å². The molecule has 1 N–H and O–H groups in total. The van der Waals surface area contributed by atoms with Crippen molar-refractivity contribution in [2.24, 2.45) is 5.41 Å². The summed E-state index contributed by atoms with van der Waals surface area (Å²) in [5, 5.41) is 14.0. The average molecular weight is 225 g/mol. The van der Waals surface area contributed by atoms with Crippen LogP contribution in [0.2, 0.25) is 0 Å². The summed E-state index contributed by atoms with van der Waals surface area (Å²) in [4.78, 5) is 0. The van der Waals surface area contributed by atoms with Crippen LogP contribution in [0.15, 0.2) is 0 Å². The molecule has 1 aliphatic carbocycles. The van der Waals surface area contributed by atoms with E-state index in [0.29, 0.717) is 11.3 Å². The molecule has 1 saturated carbocycles. The predicted molar refractivity (Wildman–Crippen MR) is 63.0 cm³/mol. The number of nitrogens with one attached hydrogen (secondary N) is 1. The Balaban J connectivity index is 2.15. The Hall–Kier alpha value is -0.480. The summed E-state index contributed by atoms with van der Waals surface area (Å²) < 4.78 is 0. The molecule has 4 heteroatoms. The molecule has 1 aliphatic rings. The van der Waals surface area contributed by atoms with Crippen molar-refractivity contribution < 1.29 is 0 Å². The molecule has 2 rings (SSSR count). The molecule has 1 aromatic heterocycles.